The minimum atomic E-state index is -0.438. The molecule has 0 aliphatic rings. The lowest BCUT2D eigenvalue weighted by molar-refractivity contribution is 0.0601. The molecular weight excluding hydrogens is 392 g/mol. The van der Waals surface area contributed by atoms with Crippen molar-refractivity contribution in [3.63, 3.8) is 0 Å². The summed E-state index contributed by atoms with van der Waals surface area (Å²) in [6.07, 6.45) is 1.43. The maximum absolute atomic E-state index is 12.2. The van der Waals surface area contributed by atoms with E-state index in [9.17, 15) is 4.79 Å². The Morgan fingerprint density at radius 2 is 1.87 bits per heavy atom. The van der Waals surface area contributed by atoms with E-state index in [-0.39, 0.29) is 0 Å². The number of carbonyl (C=O) groups excluding carboxylic acids is 1. The fourth-order valence-corrected chi connectivity index (χ4v) is 3.41. The van der Waals surface area contributed by atoms with Crippen LogP contribution in [0, 0.1) is 6.92 Å². The van der Waals surface area contributed by atoms with Gasteiger partial charge in [-0.15, -0.1) is 0 Å². The average Bonchev–Trinajstić information content (AvgIpc) is 2.79. The van der Waals surface area contributed by atoms with Gasteiger partial charge in [0.1, 0.15) is 12.0 Å². The molecule has 0 saturated heterocycles. The smallest absolute Gasteiger partial charge is 0.339 e. The highest BCUT2D eigenvalue weighted by Crippen LogP contribution is 2.34. The third-order valence-corrected chi connectivity index (χ3v) is 4.98. The third kappa shape index (κ3) is 3.83. The van der Waals surface area contributed by atoms with Crippen molar-refractivity contribution in [2.24, 2.45) is 0 Å². The number of aryl methyl sites for hydroxylation is 1. The van der Waals surface area contributed by atoms with Gasteiger partial charge in [-0.05, 0) is 43.3 Å². The number of aromatic nitrogens is 3. The Balaban J connectivity index is 1.73. The van der Waals surface area contributed by atoms with Gasteiger partial charge in [-0.3, -0.25) is 4.98 Å². The summed E-state index contributed by atoms with van der Waals surface area (Å²) in [7, 11) is 3.13. The number of nitrogens with two attached hydrogens (primary N) is 1. The first-order chi connectivity index (χ1) is 15.0. The molecule has 0 amide bonds. The molecule has 0 unspecified atom stereocenters. The number of methoxy groups -OCH3 is 1. The van der Waals surface area contributed by atoms with Gasteiger partial charge in [-0.25, -0.2) is 14.8 Å². The minimum absolute atomic E-state index is 0.349. The highest BCUT2D eigenvalue weighted by atomic mass is 16.5. The second-order valence-corrected chi connectivity index (χ2v) is 6.98. The number of nitrogen functional groups attached to an aromatic ring is 1. The summed E-state index contributed by atoms with van der Waals surface area (Å²) in [5.74, 6) is 0.482. The Bertz CT molecular complexity index is 1270. The number of hydrogen-bond donors (Lipinski definition) is 2. The van der Waals surface area contributed by atoms with Crippen LogP contribution in [0.25, 0.3) is 10.9 Å². The van der Waals surface area contributed by atoms with E-state index in [0.717, 1.165) is 22.3 Å². The van der Waals surface area contributed by atoms with Crippen molar-refractivity contribution in [1.29, 1.82) is 0 Å². The number of nitrogens with zero attached hydrogens (tertiary/aromatic N) is 4. The molecular formula is C23H22N6O2. The predicted molar refractivity (Wildman–Crippen MR) is 122 cm³/mol. The number of rotatable bonds is 5. The number of benzene rings is 2. The van der Waals surface area contributed by atoms with Crippen LogP contribution in [-0.2, 0) is 4.74 Å². The van der Waals surface area contributed by atoms with Crippen molar-refractivity contribution >= 4 is 45.6 Å². The number of pyridine rings is 1. The fraction of sp³-hybridized carbons (Fsp3) is 0.130. The first kappa shape index (κ1) is 20.1. The molecule has 4 aromatic rings. The van der Waals surface area contributed by atoms with E-state index in [4.69, 9.17) is 10.5 Å². The maximum atomic E-state index is 12.2. The molecule has 0 aliphatic heterocycles. The Morgan fingerprint density at radius 1 is 1.06 bits per heavy atom. The zero-order valence-corrected chi connectivity index (χ0v) is 17.5. The molecule has 0 atom stereocenters. The normalized spacial score (nSPS) is 10.7. The number of anilines is 5. The third-order valence-electron chi connectivity index (χ3n) is 4.98. The number of esters is 1. The minimum Gasteiger partial charge on any atom is -0.465 e. The van der Waals surface area contributed by atoms with E-state index in [1.807, 2.05) is 43.3 Å². The lowest BCUT2D eigenvalue weighted by Crippen LogP contribution is -2.18. The van der Waals surface area contributed by atoms with Gasteiger partial charge in [0.05, 0.1) is 23.9 Å². The van der Waals surface area contributed by atoms with Crippen molar-refractivity contribution < 1.29 is 9.53 Å². The highest BCUT2D eigenvalue weighted by Gasteiger charge is 2.19. The molecule has 0 aliphatic carbocycles. The number of ether oxygens (including phenoxy) is 1. The SMILES string of the molecule is COC(=O)c1ccccc1N(C)c1ncnc(Nc2cccc3nc(C)ccc23)c1N. The first-order valence-electron chi connectivity index (χ1n) is 9.64. The maximum Gasteiger partial charge on any atom is 0.339 e. The number of nitrogens with one attached hydrogen (secondary N) is 1. The molecule has 0 fully saturated rings. The van der Waals surface area contributed by atoms with Crippen LogP contribution in [0.15, 0.2) is 60.9 Å². The Hall–Kier alpha value is -4.20. The Labute approximate surface area is 179 Å². The molecule has 0 radical (unpaired) electrons. The predicted octanol–water partition coefficient (Wildman–Crippen LogP) is 4.21. The Morgan fingerprint density at radius 3 is 2.68 bits per heavy atom. The van der Waals surface area contributed by atoms with Gasteiger partial charge < -0.3 is 20.7 Å². The van der Waals surface area contributed by atoms with Gasteiger partial charge in [0.2, 0.25) is 0 Å². The summed E-state index contributed by atoms with van der Waals surface area (Å²) in [6, 6.07) is 16.9. The molecule has 3 N–H and O–H groups in total. The molecule has 31 heavy (non-hydrogen) atoms. The van der Waals surface area contributed by atoms with Crippen molar-refractivity contribution in [3.8, 4) is 0 Å². The molecule has 156 valence electrons. The lowest BCUT2D eigenvalue weighted by Gasteiger charge is -2.23. The molecule has 2 aromatic carbocycles. The lowest BCUT2D eigenvalue weighted by atomic mass is 10.1. The highest BCUT2D eigenvalue weighted by molar-refractivity contribution is 5.98. The number of hydrogen-bond acceptors (Lipinski definition) is 8. The van der Waals surface area contributed by atoms with Crippen LogP contribution in [0.4, 0.5) is 28.7 Å². The Kier molecular flexibility index (Phi) is 5.36. The van der Waals surface area contributed by atoms with Crippen molar-refractivity contribution in [3.05, 3.63) is 72.2 Å². The summed E-state index contributed by atoms with van der Waals surface area (Å²) in [5.41, 5.74) is 10.5. The van der Waals surface area contributed by atoms with E-state index in [1.165, 1.54) is 13.4 Å². The monoisotopic (exact) mass is 414 g/mol. The van der Waals surface area contributed by atoms with Crippen molar-refractivity contribution in [2.75, 3.05) is 30.1 Å². The van der Waals surface area contributed by atoms with E-state index in [1.54, 1.807) is 30.1 Å². The van der Waals surface area contributed by atoms with Crippen molar-refractivity contribution in [2.45, 2.75) is 6.92 Å². The summed E-state index contributed by atoms with van der Waals surface area (Å²) >= 11 is 0. The molecule has 0 bridgehead atoms. The molecule has 2 aromatic heterocycles. The fourth-order valence-electron chi connectivity index (χ4n) is 3.41. The van der Waals surface area contributed by atoms with Crippen molar-refractivity contribution in [1.82, 2.24) is 15.0 Å². The second-order valence-electron chi connectivity index (χ2n) is 6.98. The second kappa shape index (κ2) is 8.27. The van der Waals surface area contributed by atoms with E-state index < -0.39 is 5.97 Å². The molecule has 0 spiro atoms. The van der Waals surface area contributed by atoms with Crippen LogP contribution in [0.3, 0.4) is 0 Å². The summed E-state index contributed by atoms with van der Waals surface area (Å²) in [4.78, 5) is 27.1. The van der Waals surface area contributed by atoms with E-state index in [0.29, 0.717) is 28.6 Å². The van der Waals surface area contributed by atoms with Crippen LogP contribution < -0.4 is 16.0 Å². The van der Waals surface area contributed by atoms with Crippen LogP contribution >= 0.6 is 0 Å². The topological polar surface area (TPSA) is 106 Å². The van der Waals surface area contributed by atoms with Gasteiger partial charge in [-0.2, -0.15) is 0 Å². The first-order valence-corrected chi connectivity index (χ1v) is 9.64. The standard InChI is InChI=1S/C23H22N6O2/c1-14-11-12-15-17(27-14)8-6-9-18(15)28-21-20(24)22(26-13-25-21)29(2)19-10-5-4-7-16(19)23(30)31-3/h4-13H,24H2,1-3H3,(H,25,26,28). The zero-order chi connectivity index (χ0) is 22.0. The molecule has 2 heterocycles. The number of carbonyl (C=O) groups is 1. The molecule has 8 nitrogen and oxygen atoms in total. The summed E-state index contributed by atoms with van der Waals surface area (Å²) < 4.78 is 4.90. The van der Waals surface area contributed by atoms with Crippen LogP contribution in [0.5, 0.6) is 0 Å². The molecule has 8 heteroatoms. The number of fused-ring (bicyclic) bond motifs is 1. The van der Waals surface area contributed by atoms with Crippen LogP contribution in [-0.4, -0.2) is 35.1 Å². The van der Waals surface area contributed by atoms with Crippen LogP contribution in [0.1, 0.15) is 16.1 Å². The van der Waals surface area contributed by atoms with Gasteiger partial charge in [0, 0.05) is 23.8 Å². The quantitative estimate of drug-likeness (QED) is 0.468. The van der Waals surface area contributed by atoms with E-state index in [2.05, 4.69) is 20.3 Å². The number of para-hydroxylation sites is 1. The van der Waals surface area contributed by atoms with E-state index >= 15 is 0 Å². The van der Waals surface area contributed by atoms with Gasteiger partial charge in [0.15, 0.2) is 11.6 Å². The average molecular weight is 414 g/mol. The summed E-state index contributed by atoms with van der Waals surface area (Å²) in [6.45, 7) is 1.95. The van der Waals surface area contributed by atoms with Crippen LogP contribution in [0.2, 0.25) is 0 Å². The zero-order valence-electron chi connectivity index (χ0n) is 17.5. The van der Waals surface area contributed by atoms with Gasteiger partial charge >= 0.3 is 5.97 Å². The van der Waals surface area contributed by atoms with Gasteiger partial charge in [0.25, 0.3) is 0 Å². The van der Waals surface area contributed by atoms with Gasteiger partial charge in [-0.1, -0.05) is 18.2 Å². The molecule has 4 rings (SSSR count). The molecule has 0 saturated carbocycles. The summed E-state index contributed by atoms with van der Waals surface area (Å²) in [5, 5.41) is 4.25. The largest absolute Gasteiger partial charge is 0.465 e.